The smallest absolute Gasteiger partial charge is 0.101 e. The highest BCUT2D eigenvalue weighted by Gasteiger charge is 2.21. The van der Waals surface area contributed by atoms with Gasteiger partial charge in [-0.15, -0.1) is 22.7 Å². The van der Waals surface area contributed by atoms with Gasteiger partial charge < -0.3 is 4.57 Å². The number of nitrogens with zero attached hydrogens (tertiary/aromatic N) is 2. The van der Waals surface area contributed by atoms with E-state index < -0.39 is 0 Å². The number of hydrogen-bond donors (Lipinski definition) is 0. The van der Waals surface area contributed by atoms with Gasteiger partial charge in [-0.1, -0.05) is 91.0 Å². The van der Waals surface area contributed by atoms with Gasteiger partial charge in [0.15, 0.2) is 0 Å². The first-order valence-corrected chi connectivity index (χ1v) is 15.2. The fraction of sp³-hybridized carbons (Fsp3) is 0. The first-order chi connectivity index (χ1) is 20.3. The Labute approximate surface area is 243 Å². The topological polar surface area (TPSA) is 28.7 Å². The van der Waals surface area contributed by atoms with Crippen LogP contribution >= 0.6 is 22.7 Å². The monoisotopic (exact) mass is 556 g/mol. The van der Waals surface area contributed by atoms with Crippen LogP contribution in [0, 0.1) is 11.3 Å². The minimum absolute atomic E-state index is 0.724. The molecule has 0 N–H and O–H groups in total. The fourth-order valence-electron chi connectivity index (χ4n) is 6.52. The maximum Gasteiger partial charge on any atom is 0.101 e. The van der Waals surface area contributed by atoms with Gasteiger partial charge in [0.2, 0.25) is 0 Å². The standard InChI is InChI=1S/C37H20N2S2/c38-21-22-19-20-26(28-13-7-12-27-25-11-3-6-18-33(25)40-36(27)28)34-29-14-8-17-32(37(29)41-35(22)34)39-30-15-4-1-9-23(30)24-10-2-5-16-31(24)39/h1-20H. The number of nitriles is 1. The summed E-state index contributed by atoms with van der Waals surface area (Å²) >= 11 is 3.58. The second kappa shape index (κ2) is 8.52. The lowest BCUT2D eigenvalue weighted by Crippen LogP contribution is -1.93. The van der Waals surface area contributed by atoms with E-state index in [-0.39, 0.29) is 0 Å². The van der Waals surface area contributed by atoms with E-state index in [9.17, 15) is 5.26 Å². The molecular formula is C37H20N2S2. The van der Waals surface area contributed by atoms with Crippen molar-refractivity contribution in [2.75, 3.05) is 0 Å². The molecule has 9 rings (SSSR count). The lowest BCUT2D eigenvalue weighted by Gasteiger charge is -2.10. The summed E-state index contributed by atoms with van der Waals surface area (Å²) in [7, 11) is 0. The van der Waals surface area contributed by atoms with Crippen LogP contribution in [0.2, 0.25) is 0 Å². The summed E-state index contributed by atoms with van der Waals surface area (Å²) < 4.78 is 7.22. The van der Waals surface area contributed by atoms with Crippen molar-refractivity contribution in [2.24, 2.45) is 0 Å². The van der Waals surface area contributed by atoms with Gasteiger partial charge in [0.05, 0.1) is 31.7 Å². The van der Waals surface area contributed by atoms with Gasteiger partial charge in [0.25, 0.3) is 0 Å². The zero-order chi connectivity index (χ0) is 27.1. The van der Waals surface area contributed by atoms with Gasteiger partial charge in [-0.25, -0.2) is 0 Å². The molecule has 0 saturated heterocycles. The molecule has 9 aromatic rings. The maximum atomic E-state index is 10.2. The minimum atomic E-state index is 0.724. The molecule has 6 aromatic carbocycles. The Balaban J connectivity index is 1.42. The van der Waals surface area contributed by atoms with Gasteiger partial charge in [-0.05, 0) is 35.9 Å². The number of hydrogen-bond acceptors (Lipinski definition) is 3. The van der Waals surface area contributed by atoms with Crippen LogP contribution in [0.3, 0.4) is 0 Å². The Morgan fingerprint density at radius 1 is 0.488 bits per heavy atom. The third kappa shape index (κ3) is 3.10. The van der Waals surface area contributed by atoms with Crippen molar-refractivity contribution < 1.29 is 0 Å². The van der Waals surface area contributed by atoms with Crippen LogP contribution in [-0.4, -0.2) is 4.57 Å². The molecule has 0 spiro atoms. The first kappa shape index (κ1) is 22.8. The summed E-state index contributed by atoms with van der Waals surface area (Å²) in [5.41, 5.74) is 6.66. The number of fused-ring (bicyclic) bond motifs is 9. The molecule has 0 aliphatic rings. The molecule has 2 nitrogen and oxygen atoms in total. The van der Waals surface area contributed by atoms with Crippen molar-refractivity contribution in [1.82, 2.24) is 4.57 Å². The number of rotatable bonds is 2. The average Bonchev–Trinajstić information content (AvgIpc) is 3.71. The van der Waals surface area contributed by atoms with E-state index in [2.05, 4.69) is 126 Å². The molecule has 0 radical (unpaired) electrons. The quantitative estimate of drug-likeness (QED) is 0.208. The Kier molecular flexibility index (Phi) is 4.74. The van der Waals surface area contributed by atoms with Crippen molar-refractivity contribution in [3.05, 3.63) is 127 Å². The molecular weight excluding hydrogens is 537 g/mol. The highest BCUT2D eigenvalue weighted by atomic mass is 32.1. The van der Waals surface area contributed by atoms with E-state index in [0.717, 1.165) is 21.3 Å². The molecule has 0 fully saturated rings. The van der Waals surface area contributed by atoms with E-state index in [0.29, 0.717) is 0 Å². The first-order valence-electron chi connectivity index (χ1n) is 13.6. The van der Waals surface area contributed by atoms with Crippen LogP contribution in [0.25, 0.3) is 79.0 Å². The Hall–Kier alpha value is -4.95. The summed E-state index contributed by atoms with van der Waals surface area (Å²) in [5.74, 6) is 0. The summed E-state index contributed by atoms with van der Waals surface area (Å²) in [5, 5.41) is 17.6. The molecule has 0 unspecified atom stereocenters. The normalized spacial score (nSPS) is 11.9. The van der Waals surface area contributed by atoms with Crippen LogP contribution < -0.4 is 0 Å². The summed E-state index contributed by atoms with van der Waals surface area (Å²) in [6.07, 6.45) is 0. The van der Waals surface area contributed by atoms with Gasteiger partial charge in [0, 0.05) is 47.3 Å². The summed E-state index contributed by atoms with van der Waals surface area (Å²) in [6.45, 7) is 0. The molecule has 0 saturated carbocycles. The molecule has 41 heavy (non-hydrogen) atoms. The summed E-state index contributed by atoms with van der Waals surface area (Å²) in [4.78, 5) is 0. The zero-order valence-electron chi connectivity index (χ0n) is 21.8. The fourth-order valence-corrected chi connectivity index (χ4v) is 9.04. The summed E-state index contributed by atoms with van der Waals surface area (Å²) in [6, 6.07) is 45.8. The van der Waals surface area contributed by atoms with Gasteiger partial charge >= 0.3 is 0 Å². The largest absolute Gasteiger partial charge is 0.308 e. The third-order valence-electron chi connectivity index (χ3n) is 8.26. The van der Waals surface area contributed by atoms with Crippen LogP contribution in [-0.2, 0) is 0 Å². The highest BCUT2D eigenvalue weighted by Crippen LogP contribution is 2.48. The van der Waals surface area contributed by atoms with Crippen molar-refractivity contribution in [3.8, 4) is 22.9 Å². The van der Waals surface area contributed by atoms with E-state index in [1.165, 1.54) is 63.2 Å². The minimum Gasteiger partial charge on any atom is -0.308 e. The molecule has 3 aromatic heterocycles. The molecule has 0 bridgehead atoms. The second-order valence-corrected chi connectivity index (χ2v) is 12.5. The second-order valence-electron chi connectivity index (χ2n) is 10.4. The molecule has 190 valence electrons. The predicted octanol–water partition coefficient (Wildman–Crippen LogP) is 11.1. The van der Waals surface area contributed by atoms with Crippen LogP contribution in [0.4, 0.5) is 0 Å². The lowest BCUT2D eigenvalue weighted by atomic mass is 9.96. The van der Waals surface area contributed by atoms with Gasteiger partial charge in [-0.3, -0.25) is 0 Å². The van der Waals surface area contributed by atoms with E-state index in [4.69, 9.17) is 0 Å². The average molecular weight is 557 g/mol. The molecule has 3 heterocycles. The van der Waals surface area contributed by atoms with Gasteiger partial charge in [0.1, 0.15) is 6.07 Å². The number of benzene rings is 6. The van der Waals surface area contributed by atoms with Crippen molar-refractivity contribution in [3.63, 3.8) is 0 Å². The SMILES string of the molecule is N#Cc1ccc(-c2cccc3c2sc2ccccc23)c2c1sc1c(-n3c4ccccc4c4ccccc43)cccc12. The molecule has 0 amide bonds. The van der Waals surface area contributed by atoms with Crippen molar-refractivity contribution >= 4 is 84.8 Å². The molecule has 0 atom stereocenters. The number of para-hydroxylation sites is 2. The Bertz CT molecular complexity index is 2500. The van der Waals surface area contributed by atoms with E-state index >= 15 is 0 Å². The zero-order valence-corrected chi connectivity index (χ0v) is 23.4. The molecule has 0 aliphatic heterocycles. The molecule has 0 aliphatic carbocycles. The van der Waals surface area contributed by atoms with Crippen LogP contribution in [0.15, 0.2) is 121 Å². The lowest BCUT2D eigenvalue weighted by molar-refractivity contribution is 1.20. The van der Waals surface area contributed by atoms with Crippen LogP contribution in [0.5, 0.6) is 0 Å². The highest BCUT2D eigenvalue weighted by molar-refractivity contribution is 7.27. The number of aromatic nitrogens is 1. The van der Waals surface area contributed by atoms with E-state index in [1.54, 1.807) is 11.3 Å². The Morgan fingerprint density at radius 2 is 1.15 bits per heavy atom. The number of thiophene rings is 2. The Morgan fingerprint density at radius 3 is 1.93 bits per heavy atom. The predicted molar refractivity (Wildman–Crippen MR) is 177 cm³/mol. The molecule has 4 heteroatoms. The van der Waals surface area contributed by atoms with Gasteiger partial charge in [-0.2, -0.15) is 5.26 Å². The van der Waals surface area contributed by atoms with E-state index in [1.807, 2.05) is 17.4 Å². The van der Waals surface area contributed by atoms with Crippen molar-refractivity contribution in [2.45, 2.75) is 0 Å². The van der Waals surface area contributed by atoms with Crippen molar-refractivity contribution in [1.29, 1.82) is 5.26 Å². The maximum absolute atomic E-state index is 10.2. The third-order valence-corrected chi connectivity index (χ3v) is 10.7. The van der Waals surface area contributed by atoms with Crippen LogP contribution in [0.1, 0.15) is 5.56 Å².